The molecule has 0 bridgehead atoms. The normalized spacial score (nSPS) is 16.5. The largest absolute Gasteiger partial charge is 0.351 e. The maximum atomic E-state index is 14.7. The number of hydrogen-bond acceptors (Lipinski definition) is 3. The summed E-state index contributed by atoms with van der Waals surface area (Å²) in [6.07, 6.45) is 4.80. The van der Waals surface area contributed by atoms with E-state index in [1.54, 1.807) is 6.08 Å². The topological polar surface area (TPSA) is 44.2 Å². The molecule has 3 nitrogen and oxygen atoms in total. The second-order valence-corrected chi connectivity index (χ2v) is 10.6. The molecule has 1 heterocycles. The van der Waals surface area contributed by atoms with Crippen LogP contribution in [0, 0.1) is 5.41 Å². The smallest absolute Gasteiger partial charge is 0.172 e. The van der Waals surface area contributed by atoms with Gasteiger partial charge in [-0.2, -0.15) is 0 Å². The molecule has 0 saturated carbocycles. The molecule has 0 spiro atoms. The highest BCUT2D eigenvalue weighted by molar-refractivity contribution is 7.86. The number of hydrogen-bond donors (Lipinski definition) is 1. The lowest BCUT2D eigenvalue weighted by atomic mass is 10.0. The lowest BCUT2D eigenvalue weighted by Crippen LogP contribution is -2.20. The zero-order chi connectivity index (χ0) is 22.1. The minimum atomic E-state index is -2.93. The summed E-state index contributed by atoms with van der Waals surface area (Å²) in [6, 6.07) is 32.5. The van der Waals surface area contributed by atoms with E-state index in [9.17, 15) is 4.57 Å². The number of nitrogens with zero attached hydrogens (tertiary/aromatic N) is 1. The Balaban J connectivity index is 1.61. The van der Waals surface area contributed by atoms with E-state index in [-0.39, 0.29) is 0 Å². The standard InChI is InChI=1S/C28H23N2OP/c1-30(19-7-18-29)23-15-12-21(13-16-23)22-14-17-26-25-10-5-6-11-27(25)32(31,28(26)20-22)24-8-3-2-4-9-24/h2-20,29H,1H3/b19-7-,29-18?. The molecule has 1 aliphatic rings. The van der Waals surface area contributed by atoms with Crippen LogP contribution in [0.5, 0.6) is 0 Å². The van der Waals surface area contributed by atoms with Crippen molar-refractivity contribution in [1.82, 2.24) is 0 Å². The Hall–Kier alpha value is -3.68. The first kappa shape index (κ1) is 20.2. The van der Waals surface area contributed by atoms with Crippen molar-refractivity contribution >= 4 is 35.0 Å². The van der Waals surface area contributed by atoms with Gasteiger partial charge in [-0.15, -0.1) is 0 Å². The molecule has 4 aromatic rings. The summed E-state index contributed by atoms with van der Waals surface area (Å²) in [5, 5.41) is 9.86. The molecule has 1 N–H and O–H groups in total. The van der Waals surface area contributed by atoms with Crippen LogP contribution in [0.3, 0.4) is 0 Å². The Morgan fingerprint density at radius 2 is 1.41 bits per heavy atom. The molecule has 0 amide bonds. The van der Waals surface area contributed by atoms with Crippen LogP contribution in [-0.4, -0.2) is 13.3 Å². The van der Waals surface area contributed by atoms with Crippen molar-refractivity contribution in [2.75, 3.05) is 11.9 Å². The number of anilines is 1. The van der Waals surface area contributed by atoms with Gasteiger partial charge in [0.05, 0.1) is 0 Å². The minimum absolute atomic E-state index is 0.873. The molecule has 1 aliphatic heterocycles. The summed E-state index contributed by atoms with van der Waals surface area (Å²) in [4.78, 5) is 1.97. The zero-order valence-corrected chi connectivity index (χ0v) is 18.7. The Labute approximate surface area is 188 Å². The average Bonchev–Trinajstić information content (AvgIpc) is 3.12. The third kappa shape index (κ3) is 3.23. The highest BCUT2D eigenvalue weighted by Gasteiger charge is 2.40. The number of nitrogens with one attached hydrogen (secondary N) is 1. The van der Waals surface area contributed by atoms with Crippen molar-refractivity contribution in [2.45, 2.75) is 0 Å². The maximum Gasteiger partial charge on any atom is 0.172 e. The van der Waals surface area contributed by atoms with Crippen molar-refractivity contribution in [1.29, 1.82) is 5.41 Å². The van der Waals surface area contributed by atoms with Gasteiger partial charge in [0.25, 0.3) is 0 Å². The first-order chi connectivity index (χ1) is 15.6. The van der Waals surface area contributed by atoms with Crippen LogP contribution < -0.4 is 20.8 Å². The summed E-state index contributed by atoms with van der Waals surface area (Å²) in [6.45, 7) is 0. The van der Waals surface area contributed by atoms with Crippen molar-refractivity contribution in [3.8, 4) is 22.3 Å². The van der Waals surface area contributed by atoms with Gasteiger partial charge in [-0.3, -0.25) is 0 Å². The number of benzene rings is 4. The first-order valence-corrected chi connectivity index (χ1v) is 12.2. The van der Waals surface area contributed by atoms with E-state index < -0.39 is 7.14 Å². The van der Waals surface area contributed by atoms with Crippen LogP contribution in [0.15, 0.2) is 109 Å². The summed E-state index contributed by atoms with van der Waals surface area (Å²) < 4.78 is 14.7. The van der Waals surface area contributed by atoms with Crippen LogP contribution in [0.4, 0.5) is 5.69 Å². The van der Waals surface area contributed by atoms with Crippen molar-refractivity contribution in [3.05, 3.63) is 109 Å². The van der Waals surface area contributed by atoms with Gasteiger partial charge in [-0.25, -0.2) is 0 Å². The van der Waals surface area contributed by atoms with Crippen molar-refractivity contribution in [3.63, 3.8) is 0 Å². The molecule has 4 heteroatoms. The van der Waals surface area contributed by atoms with Crippen LogP contribution in [-0.2, 0) is 4.57 Å². The SMILES string of the molecule is CN(/C=C\C=N)c1ccc(-c2ccc3c(c2)P(=O)(c2ccccc2)c2ccccc2-3)cc1. The predicted octanol–water partition coefficient (Wildman–Crippen LogP) is 5.57. The number of fused-ring (bicyclic) bond motifs is 3. The van der Waals surface area contributed by atoms with E-state index in [2.05, 4.69) is 48.5 Å². The van der Waals surface area contributed by atoms with E-state index >= 15 is 0 Å². The second-order valence-electron chi connectivity index (χ2n) is 7.86. The van der Waals surface area contributed by atoms with Gasteiger partial charge in [0.2, 0.25) is 0 Å². The van der Waals surface area contributed by atoms with Gasteiger partial charge < -0.3 is 14.9 Å². The zero-order valence-electron chi connectivity index (χ0n) is 17.8. The van der Waals surface area contributed by atoms with Gasteiger partial charge in [0, 0.05) is 41.1 Å². The summed E-state index contributed by atoms with van der Waals surface area (Å²) >= 11 is 0. The Morgan fingerprint density at radius 1 is 0.750 bits per heavy atom. The maximum absolute atomic E-state index is 14.7. The molecular formula is C28H23N2OP. The Bertz CT molecular complexity index is 1370. The third-order valence-electron chi connectivity index (χ3n) is 6.00. The van der Waals surface area contributed by atoms with E-state index in [4.69, 9.17) is 5.41 Å². The molecule has 0 aliphatic carbocycles. The Kier molecular flexibility index (Phi) is 5.13. The highest BCUT2D eigenvalue weighted by atomic mass is 31.2. The van der Waals surface area contributed by atoms with Gasteiger partial charge in [0.15, 0.2) is 7.14 Å². The predicted molar refractivity (Wildman–Crippen MR) is 137 cm³/mol. The van der Waals surface area contributed by atoms with E-state index in [1.807, 2.05) is 66.7 Å². The van der Waals surface area contributed by atoms with Gasteiger partial charge in [-0.1, -0.05) is 78.9 Å². The second kappa shape index (κ2) is 8.11. The minimum Gasteiger partial charge on any atom is -0.351 e. The molecule has 156 valence electrons. The van der Waals surface area contributed by atoms with Gasteiger partial charge in [-0.05, 0) is 46.5 Å². The molecule has 0 saturated heterocycles. The quantitative estimate of drug-likeness (QED) is 0.290. The van der Waals surface area contributed by atoms with Gasteiger partial charge >= 0.3 is 0 Å². The Morgan fingerprint density at radius 3 is 2.16 bits per heavy atom. The lowest BCUT2D eigenvalue weighted by Gasteiger charge is -2.17. The molecule has 32 heavy (non-hydrogen) atoms. The molecular weight excluding hydrogens is 411 g/mol. The van der Waals surface area contributed by atoms with E-state index in [0.29, 0.717) is 0 Å². The monoisotopic (exact) mass is 434 g/mol. The fourth-order valence-corrected chi connectivity index (χ4v) is 7.46. The lowest BCUT2D eigenvalue weighted by molar-refractivity contribution is 0.593. The fraction of sp³-hybridized carbons (Fsp3) is 0.0357. The molecule has 0 fully saturated rings. The molecule has 0 aromatic heterocycles. The third-order valence-corrected chi connectivity index (χ3v) is 9.15. The molecule has 5 rings (SSSR count). The molecule has 1 unspecified atom stereocenters. The molecule has 0 radical (unpaired) electrons. The molecule has 1 atom stereocenters. The van der Waals surface area contributed by atoms with E-state index in [1.165, 1.54) is 6.21 Å². The number of rotatable bonds is 5. The molecule has 4 aromatic carbocycles. The first-order valence-electron chi connectivity index (χ1n) is 10.5. The number of allylic oxidation sites excluding steroid dienone is 1. The summed E-state index contributed by atoms with van der Waals surface area (Å²) in [5.41, 5.74) is 5.30. The van der Waals surface area contributed by atoms with Crippen LogP contribution in [0.2, 0.25) is 0 Å². The fourth-order valence-electron chi connectivity index (χ4n) is 4.37. The average molecular weight is 434 g/mol. The van der Waals surface area contributed by atoms with Crippen molar-refractivity contribution in [2.24, 2.45) is 0 Å². The summed E-state index contributed by atoms with van der Waals surface area (Å²) in [5.74, 6) is 0. The summed E-state index contributed by atoms with van der Waals surface area (Å²) in [7, 11) is -0.970. The highest BCUT2D eigenvalue weighted by Crippen LogP contribution is 2.52. The van der Waals surface area contributed by atoms with Crippen molar-refractivity contribution < 1.29 is 4.57 Å². The van der Waals surface area contributed by atoms with Gasteiger partial charge in [0.1, 0.15) is 0 Å². The van der Waals surface area contributed by atoms with Crippen LogP contribution in [0.1, 0.15) is 0 Å². The van der Waals surface area contributed by atoms with Crippen LogP contribution in [0.25, 0.3) is 22.3 Å². The van der Waals surface area contributed by atoms with E-state index in [0.717, 1.165) is 43.9 Å². The van der Waals surface area contributed by atoms with Crippen LogP contribution >= 0.6 is 7.14 Å².